The van der Waals surface area contributed by atoms with Crippen LogP contribution >= 0.6 is 12.4 Å². The average molecular weight is 399 g/mol. The van der Waals surface area contributed by atoms with Crippen molar-refractivity contribution in [2.45, 2.75) is 6.92 Å². The zero-order valence-corrected chi connectivity index (χ0v) is 16.3. The lowest BCUT2D eigenvalue weighted by Crippen LogP contribution is -2.30. The van der Waals surface area contributed by atoms with Crippen LogP contribution in [0.3, 0.4) is 0 Å². The van der Waals surface area contributed by atoms with E-state index in [0.717, 1.165) is 5.56 Å². The van der Waals surface area contributed by atoms with Gasteiger partial charge in [-0.2, -0.15) is 0 Å². The van der Waals surface area contributed by atoms with E-state index in [2.05, 4.69) is 10.6 Å². The summed E-state index contributed by atoms with van der Waals surface area (Å²) >= 11 is 0. The molecule has 2 N–H and O–H groups in total. The van der Waals surface area contributed by atoms with Gasteiger partial charge in [-0.25, -0.2) is 4.39 Å². The minimum atomic E-state index is -0.476. The predicted octanol–water partition coefficient (Wildman–Crippen LogP) is 3.53. The second-order valence-electron chi connectivity index (χ2n) is 5.61. The molecule has 2 aromatic rings. The highest BCUT2D eigenvalue weighted by Crippen LogP contribution is 2.36. The molecule has 0 fully saturated rings. The molecule has 0 atom stereocenters. The number of hydrogen-bond acceptors (Lipinski definition) is 5. The van der Waals surface area contributed by atoms with E-state index in [0.29, 0.717) is 30.4 Å². The number of benzene rings is 2. The minimum Gasteiger partial charge on any atom is -0.493 e. The molecule has 0 saturated carbocycles. The van der Waals surface area contributed by atoms with Crippen molar-refractivity contribution in [2.75, 3.05) is 39.2 Å². The maximum atomic E-state index is 13.6. The van der Waals surface area contributed by atoms with Crippen LogP contribution in [0.4, 0.5) is 10.1 Å². The van der Waals surface area contributed by atoms with Crippen LogP contribution < -0.4 is 20.1 Å². The van der Waals surface area contributed by atoms with Crippen molar-refractivity contribution in [3.8, 4) is 17.2 Å². The van der Waals surface area contributed by atoms with Crippen LogP contribution in [0.2, 0.25) is 0 Å². The number of ether oxygens (including phenoxy) is 3. The summed E-state index contributed by atoms with van der Waals surface area (Å²) in [6.45, 7) is 3.05. The van der Waals surface area contributed by atoms with E-state index in [4.69, 9.17) is 14.2 Å². The highest BCUT2D eigenvalue weighted by Gasteiger charge is 2.13. The highest BCUT2D eigenvalue weighted by molar-refractivity contribution is 5.93. The van der Waals surface area contributed by atoms with Gasteiger partial charge in [0, 0.05) is 19.7 Å². The molecule has 2 rings (SSSR count). The van der Waals surface area contributed by atoms with Crippen molar-refractivity contribution < 1.29 is 23.4 Å². The number of nitrogens with one attached hydrogen (secondary N) is 2. The average Bonchev–Trinajstić information content (AvgIpc) is 2.62. The molecule has 0 saturated heterocycles. The number of methoxy groups -OCH3 is 2. The van der Waals surface area contributed by atoms with Crippen LogP contribution in [0.25, 0.3) is 0 Å². The van der Waals surface area contributed by atoms with Gasteiger partial charge in [-0.3, -0.25) is 4.79 Å². The molecule has 0 aliphatic rings. The number of amides is 1. The Bertz CT molecular complexity index is 758. The van der Waals surface area contributed by atoms with Gasteiger partial charge in [-0.1, -0.05) is 6.07 Å². The Morgan fingerprint density at radius 1 is 1.07 bits per heavy atom. The van der Waals surface area contributed by atoms with E-state index >= 15 is 0 Å². The molecule has 0 bridgehead atoms. The van der Waals surface area contributed by atoms with Gasteiger partial charge in [-0.05, 0) is 36.8 Å². The lowest BCUT2D eigenvalue weighted by molar-refractivity contribution is -0.115. The second kappa shape index (κ2) is 11.4. The Morgan fingerprint density at radius 2 is 1.81 bits per heavy atom. The van der Waals surface area contributed by atoms with Crippen molar-refractivity contribution in [1.82, 2.24) is 5.32 Å². The molecule has 27 heavy (non-hydrogen) atoms. The zero-order valence-electron chi connectivity index (χ0n) is 15.5. The molecule has 8 heteroatoms. The first kappa shape index (κ1) is 22.7. The van der Waals surface area contributed by atoms with E-state index in [1.54, 1.807) is 20.3 Å². The molecule has 0 radical (unpaired) electrons. The van der Waals surface area contributed by atoms with Gasteiger partial charge in [0.25, 0.3) is 0 Å². The smallest absolute Gasteiger partial charge is 0.238 e. The maximum absolute atomic E-state index is 13.6. The number of rotatable bonds is 9. The fourth-order valence-electron chi connectivity index (χ4n) is 2.24. The number of hydrogen-bond donors (Lipinski definition) is 2. The van der Waals surface area contributed by atoms with E-state index in [-0.39, 0.29) is 30.5 Å². The predicted molar refractivity (Wildman–Crippen MR) is 105 cm³/mol. The maximum Gasteiger partial charge on any atom is 0.238 e. The summed E-state index contributed by atoms with van der Waals surface area (Å²) in [4.78, 5) is 12.0. The molecule has 2 aromatic carbocycles. The summed E-state index contributed by atoms with van der Waals surface area (Å²) in [5.41, 5.74) is 1.26. The van der Waals surface area contributed by atoms with Gasteiger partial charge in [-0.15, -0.1) is 12.4 Å². The summed E-state index contributed by atoms with van der Waals surface area (Å²) < 4.78 is 29.7. The molecule has 0 unspecified atom stereocenters. The molecule has 0 aliphatic heterocycles. The number of aryl methyl sites for hydroxylation is 1. The highest BCUT2D eigenvalue weighted by atomic mass is 35.5. The normalized spacial score (nSPS) is 10.1. The summed E-state index contributed by atoms with van der Waals surface area (Å²) in [6.07, 6.45) is 0. The third kappa shape index (κ3) is 7.05. The van der Waals surface area contributed by atoms with Crippen LogP contribution in [0.1, 0.15) is 5.56 Å². The van der Waals surface area contributed by atoms with Crippen molar-refractivity contribution in [3.63, 3.8) is 0 Å². The first-order valence-corrected chi connectivity index (χ1v) is 8.15. The molecule has 148 valence electrons. The molecule has 0 heterocycles. The van der Waals surface area contributed by atoms with E-state index < -0.39 is 5.82 Å². The first-order chi connectivity index (χ1) is 12.5. The quantitative estimate of drug-likeness (QED) is 0.632. The number of carbonyl (C=O) groups is 1. The summed E-state index contributed by atoms with van der Waals surface area (Å²) in [5, 5.41) is 5.57. The van der Waals surface area contributed by atoms with Crippen molar-refractivity contribution in [2.24, 2.45) is 0 Å². The third-order valence-corrected chi connectivity index (χ3v) is 3.52. The Morgan fingerprint density at radius 3 is 2.52 bits per heavy atom. The summed E-state index contributed by atoms with van der Waals surface area (Å²) in [7, 11) is 3.12. The lowest BCUT2D eigenvalue weighted by Gasteiger charge is -2.15. The molecule has 6 nitrogen and oxygen atoms in total. The fraction of sp³-hybridized carbons (Fsp3) is 0.316. The van der Waals surface area contributed by atoms with Crippen molar-refractivity contribution in [3.05, 3.63) is 47.8 Å². The monoisotopic (exact) mass is 398 g/mol. The van der Waals surface area contributed by atoms with Crippen molar-refractivity contribution in [1.29, 1.82) is 0 Å². The molecule has 1 amide bonds. The summed E-state index contributed by atoms with van der Waals surface area (Å²) in [6, 6.07) is 9.40. The van der Waals surface area contributed by atoms with Gasteiger partial charge >= 0.3 is 0 Å². The minimum absolute atomic E-state index is 0. The third-order valence-electron chi connectivity index (χ3n) is 3.52. The zero-order chi connectivity index (χ0) is 18.9. The first-order valence-electron chi connectivity index (χ1n) is 8.15. The molecule has 0 aliphatic carbocycles. The van der Waals surface area contributed by atoms with Gasteiger partial charge in [0.05, 0.1) is 25.9 Å². The molecular formula is C19H24ClFN2O4. The summed E-state index contributed by atoms with van der Waals surface area (Å²) in [5.74, 6) is 0.549. The van der Waals surface area contributed by atoms with Crippen LogP contribution in [0, 0.1) is 12.7 Å². The number of carbonyl (C=O) groups excluding carboxylic acids is 1. The van der Waals surface area contributed by atoms with Crippen LogP contribution in [0.15, 0.2) is 36.4 Å². The molecule has 0 aromatic heterocycles. The second-order valence-corrected chi connectivity index (χ2v) is 5.61. The van der Waals surface area contributed by atoms with Crippen molar-refractivity contribution >= 4 is 24.0 Å². The van der Waals surface area contributed by atoms with E-state index in [9.17, 15) is 9.18 Å². The van der Waals surface area contributed by atoms with E-state index in [1.807, 2.05) is 19.1 Å². The van der Waals surface area contributed by atoms with Gasteiger partial charge in [0.15, 0.2) is 17.2 Å². The Kier molecular flexibility index (Phi) is 9.56. The molecular weight excluding hydrogens is 375 g/mol. The number of halogens is 2. The van der Waals surface area contributed by atoms with Crippen LogP contribution in [-0.2, 0) is 9.53 Å². The van der Waals surface area contributed by atoms with Crippen LogP contribution in [-0.4, -0.2) is 39.8 Å². The van der Waals surface area contributed by atoms with Gasteiger partial charge < -0.3 is 24.8 Å². The Hall–Kier alpha value is -2.35. The lowest BCUT2D eigenvalue weighted by atomic mass is 10.2. The number of anilines is 1. The Balaban J connectivity index is 0.00000364. The van der Waals surface area contributed by atoms with Gasteiger partial charge in [0.1, 0.15) is 5.82 Å². The standard InChI is InChI=1S/C19H23FN2O4.ClH/c1-13-4-6-17(18(10-13)25-3)26-16-7-5-14(20)11-15(16)22-19(23)12-21-8-9-24-2;/h4-7,10-11,21H,8-9,12H2,1-3H3,(H,22,23);1H. The fourth-order valence-corrected chi connectivity index (χ4v) is 2.24. The largest absolute Gasteiger partial charge is 0.493 e. The van der Waals surface area contributed by atoms with E-state index in [1.165, 1.54) is 18.2 Å². The molecule has 0 spiro atoms. The topological polar surface area (TPSA) is 68.8 Å². The SMILES string of the molecule is COCCNCC(=O)Nc1cc(F)ccc1Oc1ccc(C)cc1OC.Cl. The Labute approximate surface area is 164 Å². The van der Waals surface area contributed by atoms with Crippen LogP contribution in [0.5, 0.6) is 17.2 Å². The van der Waals surface area contributed by atoms with Gasteiger partial charge in [0.2, 0.25) is 5.91 Å².